The lowest BCUT2D eigenvalue weighted by atomic mass is 10.1. The molecule has 29 heavy (non-hydrogen) atoms. The topological polar surface area (TPSA) is 100 Å². The summed E-state index contributed by atoms with van der Waals surface area (Å²) < 4.78 is 43.3. The molecule has 0 fully saturated rings. The number of aryl methyl sites for hydroxylation is 2. The van der Waals surface area contributed by atoms with Gasteiger partial charge in [0.15, 0.2) is 5.96 Å². The zero-order valence-electron chi connectivity index (χ0n) is 16.4. The molecule has 0 atom stereocenters. The summed E-state index contributed by atoms with van der Waals surface area (Å²) >= 11 is 0. The molecule has 0 bridgehead atoms. The van der Waals surface area contributed by atoms with Gasteiger partial charge >= 0.3 is 6.18 Å². The van der Waals surface area contributed by atoms with Crippen LogP contribution in [0.3, 0.4) is 0 Å². The highest BCUT2D eigenvalue weighted by molar-refractivity contribution is 14.0. The van der Waals surface area contributed by atoms with Gasteiger partial charge < -0.3 is 20.5 Å². The molecule has 12 heteroatoms. The molecule has 0 radical (unpaired) electrons. The molecule has 0 aliphatic heterocycles. The number of aliphatic imine (C=N–C) groups is 1. The Balaban J connectivity index is 0.00000420. The number of anilines is 1. The zero-order valence-corrected chi connectivity index (χ0v) is 18.8. The number of hydrogen-bond acceptors (Lipinski definition) is 6. The van der Waals surface area contributed by atoms with Gasteiger partial charge in [-0.05, 0) is 12.5 Å². The van der Waals surface area contributed by atoms with E-state index in [4.69, 9.17) is 4.52 Å². The number of alkyl halides is 3. The number of guanidine groups is 1. The molecule has 0 aliphatic rings. The average Bonchev–Trinajstić information content (AvgIpc) is 3.09. The summed E-state index contributed by atoms with van der Waals surface area (Å²) in [4.78, 5) is 11.4. The quantitative estimate of drug-likeness (QED) is 0.210. The summed E-state index contributed by atoms with van der Waals surface area (Å²) in [5.41, 5.74) is 0.939. The van der Waals surface area contributed by atoms with Crippen molar-refractivity contribution >= 4 is 35.9 Å². The molecule has 2 aromatic rings. The Morgan fingerprint density at radius 2 is 1.93 bits per heavy atom. The normalized spacial score (nSPS) is 11.7. The molecule has 3 N–H and O–H groups in total. The predicted octanol–water partition coefficient (Wildman–Crippen LogP) is 3.00. The van der Waals surface area contributed by atoms with E-state index in [1.807, 2.05) is 13.8 Å². The van der Waals surface area contributed by atoms with Crippen LogP contribution in [0.2, 0.25) is 0 Å². The number of halogens is 4. The fraction of sp³-hybridized carbons (Fsp3) is 0.529. The van der Waals surface area contributed by atoms with Gasteiger partial charge in [-0.3, -0.25) is 4.99 Å². The van der Waals surface area contributed by atoms with Crippen LogP contribution in [0.5, 0.6) is 0 Å². The highest BCUT2D eigenvalue weighted by atomic mass is 127. The first-order chi connectivity index (χ1) is 13.4. The standard InChI is InChI=1S/C17H24F3N7O.HI/c1-4-12-11(13(5-2)28-27-12)10-25-15(21-3)23-8-9-24-16-22-7-6-14(26-16)17(18,19)20;/h6-7H,4-5,8-10H2,1-3H3,(H2,21,23,25)(H,22,24,26);1H. The molecule has 8 nitrogen and oxygen atoms in total. The average molecular weight is 527 g/mol. The largest absolute Gasteiger partial charge is 0.433 e. The Kier molecular flexibility index (Phi) is 10.1. The third kappa shape index (κ3) is 7.33. The molecule has 2 rings (SSSR count). The van der Waals surface area contributed by atoms with Crippen LogP contribution < -0.4 is 16.0 Å². The highest BCUT2D eigenvalue weighted by Gasteiger charge is 2.32. The van der Waals surface area contributed by atoms with E-state index in [1.165, 1.54) is 0 Å². The summed E-state index contributed by atoms with van der Waals surface area (Å²) in [5, 5.41) is 13.1. The van der Waals surface area contributed by atoms with E-state index in [1.54, 1.807) is 7.05 Å². The molecular weight excluding hydrogens is 502 g/mol. The first kappa shape index (κ1) is 24.9. The van der Waals surface area contributed by atoms with Crippen LogP contribution in [-0.4, -0.2) is 41.2 Å². The second-order valence-electron chi connectivity index (χ2n) is 5.78. The minimum Gasteiger partial charge on any atom is -0.361 e. The second kappa shape index (κ2) is 11.8. The second-order valence-corrected chi connectivity index (χ2v) is 5.78. The van der Waals surface area contributed by atoms with Gasteiger partial charge in [-0.2, -0.15) is 13.2 Å². The lowest BCUT2D eigenvalue weighted by Gasteiger charge is -2.13. The maximum atomic E-state index is 12.7. The Bertz CT molecular complexity index is 774. The predicted molar refractivity (Wildman–Crippen MR) is 114 cm³/mol. The third-order valence-corrected chi connectivity index (χ3v) is 3.91. The number of nitrogens with one attached hydrogen (secondary N) is 3. The number of aromatic nitrogens is 3. The monoisotopic (exact) mass is 527 g/mol. The Hall–Kier alpha value is -2.12. The smallest absolute Gasteiger partial charge is 0.361 e. The van der Waals surface area contributed by atoms with Crippen molar-refractivity contribution in [2.24, 2.45) is 4.99 Å². The van der Waals surface area contributed by atoms with Crippen LogP contribution >= 0.6 is 24.0 Å². The lowest BCUT2D eigenvalue weighted by Crippen LogP contribution is -2.39. The van der Waals surface area contributed by atoms with Crippen LogP contribution in [0.4, 0.5) is 19.1 Å². The van der Waals surface area contributed by atoms with Crippen molar-refractivity contribution in [3.8, 4) is 0 Å². The van der Waals surface area contributed by atoms with E-state index in [0.29, 0.717) is 25.6 Å². The summed E-state index contributed by atoms with van der Waals surface area (Å²) in [5.74, 6) is 1.31. The van der Waals surface area contributed by atoms with Gasteiger partial charge in [0, 0.05) is 44.9 Å². The van der Waals surface area contributed by atoms with Crippen molar-refractivity contribution in [1.82, 2.24) is 25.8 Å². The first-order valence-corrected chi connectivity index (χ1v) is 8.93. The van der Waals surface area contributed by atoms with Gasteiger partial charge in [0.25, 0.3) is 0 Å². The van der Waals surface area contributed by atoms with Crippen molar-refractivity contribution in [2.75, 3.05) is 25.5 Å². The van der Waals surface area contributed by atoms with Gasteiger partial charge in [-0.15, -0.1) is 24.0 Å². The maximum Gasteiger partial charge on any atom is 0.433 e. The van der Waals surface area contributed by atoms with E-state index < -0.39 is 11.9 Å². The fourth-order valence-electron chi connectivity index (χ4n) is 2.49. The number of rotatable bonds is 8. The van der Waals surface area contributed by atoms with Crippen molar-refractivity contribution in [3.63, 3.8) is 0 Å². The van der Waals surface area contributed by atoms with Gasteiger partial charge in [0.1, 0.15) is 11.5 Å². The molecule has 0 saturated heterocycles. The van der Waals surface area contributed by atoms with Crippen molar-refractivity contribution in [1.29, 1.82) is 0 Å². The molecule has 0 saturated carbocycles. The van der Waals surface area contributed by atoms with Crippen molar-refractivity contribution < 1.29 is 17.7 Å². The number of nitrogens with zero attached hydrogens (tertiary/aromatic N) is 4. The molecule has 0 aromatic carbocycles. The summed E-state index contributed by atoms with van der Waals surface area (Å²) in [7, 11) is 1.63. The van der Waals surface area contributed by atoms with Crippen LogP contribution in [-0.2, 0) is 25.6 Å². The minimum absolute atomic E-state index is 0. The molecular formula is C17H25F3IN7O. The summed E-state index contributed by atoms with van der Waals surface area (Å²) in [6.45, 7) is 5.24. The molecule has 2 heterocycles. The van der Waals surface area contributed by atoms with Crippen LogP contribution in [0.1, 0.15) is 36.6 Å². The molecule has 0 spiro atoms. The Morgan fingerprint density at radius 1 is 1.17 bits per heavy atom. The van der Waals surface area contributed by atoms with Gasteiger partial charge in [-0.1, -0.05) is 19.0 Å². The van der Waals surface area contributed by atoms with Gasteiger partial charge in [-0.25, -0.2) is 9.97 Å². The van der Waals surface area contributed by atoms with E-state index in [0.717, 1.165) is 42.1 Å². The highest BCUT2D eigenvalue weighted by Crippen LogP contribution is 2.27. The zero-order chi connectivity index (χ0) is 20.6. The summed E-state index contributed by atoms with van der Waals surface area (Å²) in [6.07, 6.45) is -1.91. The molecule has 2 aromatic heterocycles. The van der Waals surface area contributed by atoms with Crippen molar-refractivity contribution in [2.45, 2.75) is 39.4 Å². The number of hydrogen-bond donors (Lipinski definition) is 3. The first-order valence-electron chi connectivity index (χ1n) is 8.93. The SMILES string of the molecule is CCc1noc(CC)c1CNC(=NC)NCCNc1nccc(C(F)(F)F)n1.I. The third-order valence-electron chi connectivity index (χ3n) is 3.91. The summed E-state index contributed by atoms with van der Waals surface area (Å²) in [6, 6.07) is 0.828. The van der Waals surface area contributed by atoms with E-state index in [2.05, 4.69) is 36.1 Å². The maximum absolute atomic E-state index is 12.7. The van der Waals surface area contributed by atoms with Gasteiger partial charge in [0.05, 0.1) is 5.69 Å². The molecule has 0 unspecified atom stereocenters. The Labute approximate surface area is 184 Å². The minimum atomic E-state index is -4.50. The van der Waals surface area contributed by atoms with Crippen LogP contribution in [0.25, 0.3) is 0 Å². The van der Waals surface area contributed by atoms with E-state index >= 15 is 0 Å². The lowest BCUT2D eigenvalue weighted by molar-refractivity contribution is -0.141. The molecule has 0 aliphatic carbocycles. The van der Waals surface area contributed by atoms with E-state index in [9.17, 15) is 13.2 Å². The Morgan fingerprint density at radius 3 is 2.55 bits per heavy atom. The van der Waals surface area contributed by atoms with E-state index in [-0.39, 0.29) is 29.9 Å². The van der Waals surface area contributed by atoms with Crippen LogP contribution in [0.15, 0.2) is 21.8 Å². The van der Waals surface area contributed by atoms with Gasteiger partial charge in [0.2, 0.25) is 5.95 Å². The fourth-order valence-corrected chi connectivity index (χ4v) is 2.49. The van der Waals surface area contributed by atoms with Crippen molar-refractivity contribution in [3.05, 3.63) is 35.0 Å². The molecule has 0 amide bonds. The van der Waals surface area contributed by atoms with Crippen LogP contribution in [0, 0.1) is 0 Å². The molecule has 162 valence electrons.